The summed E-state index contributed by atoms with van der Waals surface area (Å²) in [4.78, 5) is 244. The van der Waals surface area contributed by atoms with E-state index in [0.29, 0.717) is 98.3 Å². The molecule has 3 rings (SSSR count). The summed E-state index contributed by atoms with van der Waals surface area (Å²) in [6.45, 7) is 20.1. The Labute approximate surface area is 800 Å². The van der Waals surface area contributed by atoms with Crippen LogP contribution in [0.25, 0.3) is 0 Å². The Bertz CT molecular complexity index is 4290. The van der Waals surface area contributed by atoms with Gasteiger partial charge in [0.15, 0.2) is 23.1 Å². The molecule has 0 saturated carbocycles. The Morgan fingerprint density at radius 1 is 0.283 bits per heavy atom. The highest BCUT2D eigenvalue weighted by Gasteiger charge is 2.28. The van der Waals surface area contributed by atoms with E-state index in [-0.39, 0.29) is 157 Å². The molecule has 9 N–H and O–H groups in total. The van der Waals surface area contributed by atoms with E-state index in [0.717, 1.165) is 12.2 Å². The van der Waals surface area contributed by atoms with Gasteiger partial charge in [0.05, 0.1) is 26.4 Å². The van der Waals surface area contributed by atoms with Crippen LogP contribution in [0.1, 0.15) is 203 Å². The predicted molar refractivity (Wildman–Crippen MR) is 488 cm³/mol. The highest BCUT2D eigenvalue weighted by molar-refractivity contribution is 6.04. The zero-order valence-corrected chi connectivity index (χ0v) is 78.6. The molecule has 0 saturated heterocycles. The van der Waals surface area contributed by atoms with E-state index in [2.05, 4.69) is 61.1 Å². The lowest BCUT2D eigenvalue weighted by atomic mass is 9.97. The number of ether oxygens (including phenoxy) is 14. The van der Waals surface area contributed by atoms with Gasteiger partial charge in [-0.2, -0.15) is 0 Å². The number of rotatable bonds is 66. The minimum absolute atomic E-state index is 0. The minimum Gasteiger partial charge on any atom is -0.490 e. The number of amides is 6. The number of nitrogens with one attached hydrogen (secondary N) is 6. The molecule has 0 heterocycles. The first kappa shape index (κ1) is 126. The molecule has 0 aromatic heterocycles. The zero-order chi connectivity index (χ0) is 103. The van der Waals surface area contributed by atoms with Crippen molar-refractivity contribution in [1.29, 1.82) is 0 Å². The third kappa shape index (κ3) is 68.9. The molecule has 138 heavy (non-hydrogen) atoms. The molecule has 3 aromatic carbocycles. The van der Waals surface area contributed by atoms with E-state index < -0.39 is 168 Å². The van der Waals surface area contributed by atoms with Gasteiger partial charge < -0.3 is 114 Å². The fourth-order valence-corrected chi connectivity index (χ4v) is 9.94. The highest BCUT2D eigenvalue weighted by Crippen LogP contribution is 2.21. The molecule has 3 aromatic rings. The third-order valence-corrected chi connectivity index (χ3v) is 16.8. The summed E-state index contributed by atoms with van der Waals surface area (Å²) in [5.74, 6) is -10.9. The number of unbranched alkanes of at least 4 members (excludes halogenated alkanes) is 6. The van der Waals surface area contributed by atoms with Crippen LogP contribution in [0, 0.1) is 0 Å². The Hall–Kier alpha value is -14.0. The Balaban J connectivity index is 0. The van der Waals surface area contributed by atoms with E-state index in [1.54, 1.807) is 36.4 Å². The van der Waals surface area contributed by atoms with Gasteiger partial charge in [-0.3, -0.25) is 91.1 Å². The molecular weight excluding hydrogens is 1820 g/mol. The molecule has 0 aliphatic heterocycles. The monoisotopic (exact) mass is 1950 g/mol. The summed E-state index contributed by atoms with van der Waals surface area (Å²) < 4.78 is 69.8. The lowest BCUT2D eigenvalue weighted by Crippen LogP contribution is -2.36. The predicted octanol–water partition coefficient (Wildman–Crippen LogP) is 4.15. The number of hydrogen-bond donors (Lipinski definition) is 9. The Morgan fingerprint density at radius 3 is 0.732 bits per heavy atom. The van der Waals surface area contributed by atoms with E-state index in [1.807, 2.05) is 0 Å². The molecule has 44 nitrogen and oxygen atoms in total. The van der Waals surface area contributed by atoms with Crippen molar-refractivity contribution in [2.45, 2.75) is 188 Å². The van der Waals surface area contributed by atoms with E-state index in [9.17, 15) is 116 Å². The van der Waals surface area contributed by atoms with Gasteiger partial charge in [0.25, 0.3) is 0 Å². The number of allylic oxidation sites excluding steroid dienone is 1. The number of hydrogen-bond acceptors (Lipinski definition) is 38. The summed E-state index contributed by atoms with van der Waals surface area (Å²) in [6, 6.07) is 18.3. The average Bonchev–Trinajstić information content (AvgIpc) is 0.856. The number of Topliss-reactive ketones (excluding diaryl/α,β-unsaturated/α-hetero) is 3. The SMILES string of the molecule is C.C=CC(=O)OCCOC(=O)CCCCCOC(=O)CC(=O)NCCNC(=O)CC(=O)OCCCCCC(=O)OC(=O)C=C.C=CC(C)=O.CC(C)(O)C(=O)c1ccc(OCCOC(=O)CC(=O)NCCNC(=O)CC(=O)OCCOc2ccc(C(=O)C(C)(C)O)cc2)cc1.COCCOC(=O)CCCCCOC(=O)CC(=O)NCCNC(=O)CC(=O)OCCOc1ccc(C(=O)C(C)(C)O)cc1. The summed E-state index contributed by atoms with van der Waals surface area (Å²) in [7, 11) is 1.51. The van der Waals surface area contributed by atoms with E-state index in [4.69, 9.17) is 56.8 Å². The average molecular weight is 1950 g/mol. The fourth-order valence-electron chi connectivity index (χ4n) is 9.94. The maximum Gasteiger partial charge on any atom is 0.337 e. The van der Waals surface area contributed by atoms with Crippen LogP contribution in [0.5, 0.6) is 17.2 Å². The largest absolute Gasteiger partial charge is 0.490 e. The second kappa shape index (κ2) is 74.3. The smallest absolute Gasteiger partial charge is 0.337 e. The van der Waals surface area contributed by atoms with Crippen molar-refractivity contribution in [3.63, 3.8) is 0 Å². The van der Waals surface area contributed by atoms with Crippen LogP contribution >= 0.6 is 0 Å². The summed E-state index contributed by atoms with van der Waals surface area (Å²) >= 11 is 0. The molecule has 0 atom stereocenters. The second-order valence-electron chi connectivity index (χ2n) is 30.3. The van der Waals surface area contributed by atoms with Crippen molar-refractivity contribution in [2.75, 3.05) is 132 Å². The van der Waals surface area contributed by atoms with Crippen molar-refractivity contribution in [1.82, 2.24) is 31.9 Å². The molecule has 0 spiro atoms. The van der Waals surface area contributed by atoms with Crippen LogP contribution in [0.15, 0.2) is 111 Å². The third-order valence-electron chi connectivity index (χ3n) is 16.8. The Morgan fingerprint density at radius 2 is 0.500 bits per heavy atom. The molecule has 766 valence electrons. The maximum absolute atomic E-state index is 12.0. The van der Waals surface area contributed by atoms with Gasteiger partial charge >= 0.3 is 65.7 Å². The molecule has 0 aliphatic rings. The lowest BCUT2D eigenvalue weighted by molar-refractivity contribution is -0.157. The van der Waals surface area contributed by atoms with Gasteiger partial charge in [0.1, 0.15) is 132 Å². The first-order valence-electron chi connectivity index (χ1n) is 43.5. The van der Waals surface area contributed by atoms with Gasteiger partial charge in [0.2, 0.25) is 35.4 Å². The van der Waals surface area contributed by atoms with Crippen molar-refractivity contribution in [3.05, 3.63) is 127 Å². The van der Waals surface area contributed by atoms with Crippen molar-refractivity contribution >= 4 is 124 Å². The molecule has 0 radical (unpaired) electrons. The number of carbonyl (C=O) groups is 21. The molecule has 44 heteroatoms. The minimum atomic E-state index is -1.49. The molecule has 6 amide bonds. The van der Waals surface area contributed by atoms with Crippen LogP contribution in [0.2, 0.25) is 0 Å². The molecule has 0 fully saturated rings. The lowest BCUT2D eigenvalue weighted by Gasteiger charge is -2.15. The first-order chi connectivity index (χ1) is 64.8. The molecule has 0 unspecified atom stereocenters. The van der Waals surface area contributed by atoms with Gasteiger partial charge in [-0.15, -0.1) is 0 Å². The van der Waals surface area contributed by atoms with Crippen LogP contribution in [-0.4, -0.2) is 289 Å². The van der Waals surface area contributed by atoms with E-state index in [1.165, 1.54) is 98.1 Å². The zero-order valence-electron chi connectivity index (χ0n) is 78.6. The number of aliphatic hydroxyl groups is 3. The first-order valence-corrected chi connectivity index (χ1v) is 43.5. The Kier molecular flexibility index (Phi) is 67.8. The summed E-state index contributed by atoms with van der Waals surface area (Å²) in [5.41, 5.74) is -3.50. The van der Waals surface area contributed by atoms with Crippen LogP contribution in [0.4, 0.5) is 0 Å². The molecule has 0 aliphatic carbocycles. The van der Waals surface area contributed by atoms with Crippen molar-refractivity contribution in [3.8, 4) is 17.2 Å². The summed E-state index contributed by atoms with van der Waals surface area (Å²) in [5, 5.41) is 44.0. The van der Waals surface area contributed by atoms with Gasteiger partial charge in [-0.25, -0.2) is 9.59 Å². The van der Waals surface area contributed by atoms with E-state index >= 15 is 0 Å². The normalized spacial score (nSPS) is 10.4. The summed E-state index contributed by atoms with van der Waals surface area (Å²) in [6.07, 6.45) is 5.35. The quantitative estimate of drug-likeness (QED) is 0.00957. The van der Waals surface area contributed by atoms with Crippen molar-refractivity contribution in [2.24, 2.45) is 0 Å². The standard InChI is InChI=1S/C32H40N2O12.C29H42N2O12.C28H40N2O13.C4H6O.CH4/c1-31(2,41)29(39)21-5-9-23(10-6-21)43-15-17-45-27(37)19-25(35)33-13-14-34-26(36)20-28(38)46-18-16-44-24-11-7-22(8-12-24)30(40)32(3,4)42;1-29(2,38)28(37)21-8-10-22(11-9-21)40-17-18-43-27(36)20-24(33)31-13-12-30-23(32)19-26(35)41-14-6-4-5-7-25(34)42-16-15-39-3;1-3-23(33)41-17-18-42-25(35)11-7-5-9-15-39-27(37)19-21(31)29-13-14-30-22(32)20-28(38)40-16-10-6-8-12-26(36)43-24(34)4-2;1-3-4(2)5;/h5-12,41-42H,13-20H2,1-4H3,(H,33,35)(H,34,36);8-11,38H,4-7,12-20H2,1-3H3,(H,30,32)(H,31,33);3-4H,1-2,5-20H2,(H,29,31)(H,30,32);3H,1H2,2H3;1H4. The number of carbonyl (C=O) groups excluding carboxylic acids is 21. The fraction of sp³-hybridized carbons (Fsp3) is 0.521. The number of benzene rings is 3. The maximum atomic E-state index is 12.0. The number of methoxy groups -OCH3 is 1. The van der Waals surface area contributed by atoms with Crippen LogP contribution in [0.3, 0.4) is 0 Å². The van der Waals surface area contributed by atoms with Gasteiger partial charge in [-0.1, -0.05) is 27.2 Å². The number of ketones is 4. The van der Waals surface area contributed by atoms with Gasteiger partial charge in [-0.05, 0) is 185 Å². The van der Waals surface area contributed by atoms with Crippen molar-refractivity contribution < 1.29 is 182 Å². The van der Waals surface area contributed by atoms with Gasteiger partial charge in [0, 0.05) is 94.5 Å². The van der Waals surface area contributed by atoms with Crippen LogP contribution < -0.4 is 46.1 Å². The molecular formula is C94H132N6O38. The van der Waals surface area contributed by atoms with Crippen LogP contribution in [-0.2, 0) is 138 Å². The second-order valence-corrected chi connectivity index (χ2v) is 30.3. The number of esters is 11. The molecule has 0 bridgehead atoms. The highest BCUT2D eigenvalue weighted by atomic mass is 16.6. The topological polar surface area (TPSA) is 621 Å².